The molecule has 0 aliphatic heterocycles. The fourth-order valence-corrected chi connectivity index (χ4v) is 9.99. The maximum absolute atomic E-state index is 15.1. The third kappa shape index (κ3) is 6.99. The minimum absolute atomic E-state index is 0.475. The Hall–Kier alpha value is -8.41. The van der Waals surface area contributed by atoms with Crippen LogP contribution in [0, 0.1) is 6.92 Å². The molecule has 67 heavy (non-hydrogen) atoms. The minimum atomic E-state index is -4.58. The van der Waals surface area contributed by atoms with E-state index in [-0.39, 0.29) is 0 Å². The summed E-state index contributed by atoms with van der Waals surface area (Å²) in [5.74, 6) is 0. The van der Waals surface area contributed by atoms with E-state index in [1.807, 2.05) is 85.8 Å². The molecule has 2 aromatic heterocycles. The zero-order valence-electron chi connectivity index (χ0n) is 36.5. The van der Waals surface area contributed by atoms with E-state index in [0.717, 1.165) is 99.4 Å². The Balaban J connectivity index is 1.15. The average molecular weight is 871 g/mol. The maximum Gasteiger partial charge on any atom is 0.416 e. The van der Waals surface area contributed by atoms with Gasteiger partial charge in [-0.1, -0.05) is 157 Å². The molecule has 0 spiro atoms. The molecule has 0 saturated heterocycles. The fourth-order valence-electron chi connectivity index (χ4n) is 9.99. The lowest BCUT2D eigenvalue weighted by Gasteiger charge is -2.21. The smallest absolute Gasteiger partial charge is 0.309 e. The number of aromatic nitrogens is 2. The van der Waals surface area contributed by atoms with E-state index in [4.69, 9.17) is 0 Å². The Labute approximate surface area is 386 Å². The predicted octanol–water partition coefficient (Wildman–Crippen LogP) is 17.5. The first-order valence-corrected chi connectivity index (χ1v) is 22.5. The van der Waals surface area contributed by atoms with Gasteiger partial charge in [0.15, 0.2) is 0 Å². The lowest BCUT2D eigenvalue weighted by Crippen LogP contribution is -2.08. The molecule has 5 heteroatoms. The number of hydrogen-bond acceptors (Lipinski definition) is 0. The van der Waals surface area contributed by atoms with Crippen LogP contribution in [0.5, 0.6) is 0 Å². The Bertz CT molecular complexity index is 3640. The number of nitrogens with zero attached hydrogens (tertiary/aromatic N) is 2. The Morgan fingerprint density at radius 2 is 0.612 bits per heavy atom. The summed E-state index contributed by atoms with van der Waals surface area (Å²) in [6, 6.07) is 77.5. The standard InChI is InChI=1S/C62H41F3N2/c1-40-22-28-56(66-57-29-23-45(41-14-6-2-7-15-41)35-51(57)52-36-46(24-30-58(52)66)42-16-8-3-9-17-42)50(34-40)55-39-49(62(63,64)65)27-33-61(55)67-59-31-25-47(43-18-10-4-11-19-43)37-53(59)54-38-48(26-32-60(54)67)44-20-12-5-13-21-44/h2-39H,1H3. The Kier molecular flexibility index (Phi) is 9.54. The van der Waals surface area contributed by atoms with E-state index in [2.05, 4.69) is 143 Å². The molecule has 2 nitrogen and oxygen atoms in total. The van der Waals surface area contributed by atoms with Gasteiger partial charge in [-0.3, -0.25) is 0 Å². The minimum Gasteiger partial charge on any atom is -0.309 e. The summed E-state index contributed by atoms with van der Waals surface area (Å²) in [7, 11) is 0. The zero-order valence-corrected chi connectivity index (χ0v) is 36.5. The number of halogens is 3. The second-order valence-corrected chi connectivity index (χ2v) is 17.3. The molecule has 0 fully saturated rings. The van der Waals surface area contributed by atoms with Crippen molar-refractivity contribution in [1.82, 2.24) is 9.13 Å². The largest absolute Gasteiger partial charge is 0.416 e. The Morgan fingerprint density at radius 3 is 0.940 bits per heavy atom. The van der Waals surface area contributed by atoms with Gasteiger partial charge in [-0.15, -0.1) is 0 Å². The van der Waals surface area contributed by atoms with E-state index in [0.29, 0.717) is 16.8 Å². The van der Waals surface area contributed by atoms with Crippen LogP contribution in [0.3, 0.4) is 0 Å². The third-order valence-electron chi connectivity index (χ3n) is 13.2. The van der Waals surface area contributed by atoms with Crippen LogP contribution in [0.4, 0.5) is 13.2 Å². The molecule has 0 unspecified atom stereocenters. The molecule has 12 aromatic rings. The summed E-state index contributed by atoms with van der Waals surface area (Å²) in [4.78, 5) is 0. The quantitative estimate of drug-likeness (QED) is 0.151. The second-order valence-electron chi connectivity index (χ2n) is 17.3. The molecular weight excluding hydrogens is 830 g/mol. The maximum atomic E-state index is 15.1. The van der Waals surface area contributed by atoms with Gasteiger partial charge in [0.2, 0.25) is 0 Å². The van der Waals surface area contributed by atoms with Crippen LogP contribution in [-0.2, 0) is 6.18 Å². The van der Waals surface area contributed by atoms with E-state index >= 15 is 13.2 Å². The van der Waals surface area contributed by atoms with E-state index in [1.165, 1.54) is 12.1 Å². The Morgan fingerprint density at radius 1 is 0.299 bits per heavy atom. The van der Waals surface area contributed by atoms with Gasteiger partial charge in [0, 0.05) is 32.7 Å². The van der Waals surface area contributed by atoms with Gasteiger partial charge in [-0.25, -0.2) is 0 Å². The summed E-state index contributed by atoms with van der Waals surface area (Å²) in [6.45, 7) is 2.00. The van der Waals surface area contributed by atoms with Crippen molar-refractivity contribution in [2.75, 3.05) is 0 Å². The van der Waals surface area contributed by atoms with Crippen molar-refractivity contribution in [3.05, 3.63) is 242 Å². The van der Waals surface area contributed by atoms with Crippen LogP contribution in [0.1, 0.15) is 11.1 Å². The predicted molar refractivity (Wildman–Crippen MR) is 272 cm³/mol. The highest BCUT2D eigenvalue weighted by Crippen LogP contribution is 2.45. The van der Waals surface area contributed by atoms with E-state index < -0.39 is 11.7 Å². The highest BCUT2D eigenvalue weighted by Gasteiger charge is 2.32. The highest BCUT2D eigenvalue weighted by molar-refractivity contribution is 6.14. The van der Waals surface area contributed by atoms with Crippen LogP contribution in [0.2, 0.25) is 0 Å². The fraction of sp³-hybridized carbons (Fsp3) is 0.0323. The number of benzene rings is 10. The third-order valence-corrected chi connectivity index (χ3v) is 13.2. The molecule has 2 heterocycles. The number of alkyl halides is 3. The van der Waals surface area contributed by atoms with Crippen molar-refractivity contribution in [3.63, 3.8) is 0 Å². The summed E-state index contributed by atoms with van der Waals surface area (Å²) >= 11 is 0. The number of hydrogen-bond donors (Lipinski definition) is 0. The van der Waals surface area contributed by atoms with Gasteiger partial charge < -0.3 is 9.13 Å². The lowest BCUT2D eigenvalue weighted by molar-refractivity contribution is -0.137. The molecule has 12 rings (SSSR count). The molecule has 320 valence electrons. The first-order valence-electron chi connectivity index (χ1n) is 22.5. The molecule has 10 aromatic carbocycles. The molecule has 0 aliphatic rings. The van der Waals surface area contributed by atoms with E-state index in [1.54, 1.807) is 6.07 Å². The van der Waals surface area contributed by atoms with Gasteiger partial charge in [0.1, 0.15) is 0 Å². The molecule has 0 N–H and O–H groups in total. The number of rotatable bonds is 7. The molecule has 0 atom stereocenters. The lowest BCUT2D eigenvalue weighted by atomic mass is 9.96. The molecule has 0 saturated carbocycles. The number of fused-ring (bicyclic) bond motifs is 6. The molecular formula is C62H41F3N2. The van der Waals surface area contributed by atoms with Crippen molar-refractivity contribution in [3.8, 4) is 67.0 Å². The van der Waals surface area contributed by atoms with Gasteiger partial charge in [-0.2, -0.15) is 13.2 Å². The SMILES string of the molecule is Cc1ccc(-n2c3ccc(-c4ccccc4)cc3c3cc(-c4ccccc4)ccc32)c(-c2cc(C(F)(F)F)ccc2-n2c3ccc(-c4ccccc4)cc3c3cc(-c4ccccc4)ccc32)c1. The van der Waals surface area contributed by atoms with Crippen LogP contribution in [0.15, 0.2) is 231 Å². The normalized spacial score (nSPS) is 11.9. The first kappa shape index (κ1) is 40.1. The summed E-state index contributed by atoms with van der Waals surface area (Å²) < 4.78 is 49.7. The monoisotopic (exact) mass is 870 g/mol. The van der Waals surface area contributed by atoms with Gasteiger partial charge in [-0.05, 0) is 130 Å². The summed E-state index contributed by atoms with van der Waals surface area (Å²) in [5.41, 5.74) is 15.2. The first-order chi connectivity index (χ1) is 32.8. The van der Waals surface area contributed by atoms with Crippen molar-refractivity contribution in [1.29, 1.82) is 0 Å². The second kappa shape index (κ2) is 15.9. The van der Waals surface area contributed by atoms with Gasteiger partial charge in [0.05, 0.1) is 39.0 Å². The van der Waals surface area contributed by atoms with Crippen LogP contribution < -0.4 is 0 Å². The van der Waals surface area contributed by atoms with Gasteiger partial charge >= 0.3 is 6.18 Å². The summed E-state index contributed by atoms with van der Waals surface area (Å²) in [5, 5.41) is 4.12. The van der Waals surface area contributed by atoms with Crippen molar-refractivity contribution in [2.45, 2.75) is 13.1 Å². The number of aryl methyl sites for hydroxylation is 1. The highest BCUT2D eigenvalue weighted by atomic mass is 19.4. The molecule has 0 aliphatic carbocycles. The van der Waals surface area contributed by atoms with Gasteiger partial charge in [0.25, 0.3) is 0 Å². The van der Waals surface area contributed by atoms with Crippen molar-refractivity contribution < 1.29 is 13.2 Å². The van der Waals surface area contributed by atoms with E-state index in [9.17, 15) is 0 Å². The molecule has 0 bridgehead atoms. The van der Waals surface area contributed by atoms with Crippen molar-refractivity contribution in [2.24, 2.45) is 0 Å². The molecule has 0 radical (unpaired) electrons. The molecule has 0 amide bonds. The van der Waals surface area contributed by atoms with Crippen molar-refractivity contribution >= 4 is 43.6 Å². The average Bonchev–Trinajstić information content (AvgIpc) is 3.88. The topological polar surface area (TPSA) is 9.86 Å². The van der Waals surface area contributed by atoms with Crippen LogP contribution in [0.25, 0.3) is 111 Å². The zero-order chi connectivity index (χ0) is 45.2. The summed E-state index contributed by atoms with van der Waals surface area (Å²) in [6.07, 6.45) is -4.58. The van der Waals surface area contributed by atoms with Crippen LogP contribution >= 0.6 is 0 Å². The van der Waals surface area contributed by atoms with Crippen LogP contribution in [-0.4, -0.2) is 9.13 Å².